The van der Waals surface area contributed by atoms with E-state index in [2.05, 4.69) is 78.6 Å². The van der Waals surface area contributed by atoms with Crippen LogP contribution in [0.2, 0.25) is 0 Å². The van der Waals surface area contributed by atoms with Gasteiger partial charge in [-0.2, -0.15) is 0 Å². The van der Waals surface area contributed by atoms with Crippen molar-refractivity contribution in [2.24, 2.45) is 10.9 Å². The smallest absolute Gasteiger partial charge is 0.191 e. The van der Waals surface area contributed by atoms with Gasteiger partial charge in [0.25, 0.3) is 0 Å². The van der Waals surface area contributed by atoms with E-state index in [9.17, 15) is 0 Å². The quantitative estimate of drug-likeness (QED) is 0.261. The summed E-state index contributed by atoms with van der Waals surface area (Å²) in [4.78, 5) is 9.70. The summed E-state index contributed by atoms with van der Waals surface area (Å²) in [5.41, 5.74) is 1.36. The number of benzene rings is 1. The van der Waals surface area contributed by atoms with Crippen LogP contribution in [0.25, 0.3) is 0 Å². The van der Waals surface area contributed by atoms with E-state index in [1.807, 2.05) is 0 Å². The average molecular weight is 532 g/mol. The minimum atomic E-state index is 0. The van der Waals surface area contributed by atoms with Crippen molar-refractivity contribution in [3.05, 3.63) is 35.9 Å². The SMILES string of the molecule is CCNC(=NCC(C)CN1CCOCC1)NCCC(C)N(C)Cc1ccccc1.I. The Kier molecular flexibility index (Phi) is 14.3. The molecule has 1 fully saturated rings. The van der Waals surface area contributed by atoms with Gasteiger partial charge in [-0.3, -0.25) is 14.8 Å². The molecule has 2 unspecified atom stereocenters. The highest BCUT2D eigenvalue weighted by Gasteiger charge is 2.14. The van der Waals surface area contributed by atoms with E-state index >= 15 is 0 Å². The van der Waals surface area contributed by atoms with Gasteiger partial charge in [0, 0.05) is 51.9 Å². The standard InChI is InChI=1S/C23H41N5O.HI/c1-5-24-23(26-17-20(2)18-28-13-15-29-16-14-28)25-12-11-21(3)27(4)19-22-9-7-6-8-10-22;/h6-10,20-21H,5,11-19H2,1-4H3,(H2,24,25,26);1H. The lowest BCUT2D eigenvalue weighted by molar-refractivity contribution is 0.0323. The van der Waals surface area contributed by atoms with Gasteiger partial charge in [0.2, 0.25) is 0 Å². The second kappa shape index (κ2) is 15.8. The molecule has 6 nitrogen and oxygen atoms in total. The monoisotopic (exact) mass is 531 g/mol. The summed E-state index contributed by atoms with van der Waals surface area (Å²) in [6.45, 7) is 15.2. The van der Waals surface area contributed by atoms with Crippen LogP contribution in [0.5, 0.6) is 0 Å². The van der Waals surface area contributed by atoms with Crippen molar-refractivity contribution in [1.29, 1.82) is 0 Å². The Morgan fingerprint density at radius 2 is 1.87 bits per heavy atom. The van der Waals surface area contributed by atoms with Crippen LogP contribution >= 0.6 is 24.0 Å². The third-order valence-electron chi connectivity index (χ3n) is 5.46. The molecular weight excluding hydrogens is 489 g/mol. The van der Waals surface area contributed by atoms with Crippen molar-refractivity contribution in [3.63, 3.8) is 0 Å². The molecule has 0 aromatic heterocycles. The number of nitrogens with zero attached hydrogens (tertiary/aromatic N) is 3. The van der Waals surface area contributed by atoms with E-state index < -0.39 is 0 Å². The molecular formula is C23H42IN5O. The van der Waals surface area contributed by atoms with Crippen molar-refractivity contribution in [1.82, 2.24) is 20.4 Å². The highest BCUT2D eigenvalue weighted by Crippen LogP contribution is 2.08. The maximum Gasteiger partial charge on any atom is 0.191 e. The van der Waals surface area contributed by atoms with Crippen LogP contribution < -0.4 is 10.6 Å². The maximum absolute atomic E-state index is 5.43. The molecule has 0 bridgehead atoms. The molecule has 1 heterocycles. The van der Waals surface area contributed by atoms with Crippen LogP contribution in [0.15, 0.2) is 35.3 Å². The number of ether oxygens (including phenoxy) is 1. The van der Waals surface area contributed by atoms with E-state index in [-0.39, 0.29) is 24.0 Å². The molecule has 2 atom stereocenters. The Hall–Kier alpha value is -0.900. The largest absolute Gasteiger partial charge is 0.379 e. The number of aliphatic imine (C=N–C) groups is 1. The average Bonchev–Trinajstić information content (AvgIpc) is 2.73. The van der Waals surface area contributed by atoms with E-state index in [0.29, 0.717) is 12.0 Å². The molecule has 0 radical (unpaired) electrons. The summed E-state index contributed by atoms with van der Waals surface area (Å²) in [6.07, 6.45) is 1.08. The minimum absolute atomic E-state index is 0. The van der Waals surface area contributed by atoms with Crippen LogP contribution in [0.4, 0.5) is 0 Å². The van der Waals surface area contributed by atoms with Gasteiger partial charge >= 0.3 is 0 Å². The van der Waals surface area contributed by atoms with Gasteiger partial charge in [-0.05, 0) is 38.8 Å². The molecule has 0 amide bonds. The van der Waals surface area contributed by atoms with E-state index in [1.165, 1.54) is 5.56 Å². The lowest BCUT2D eigenvalue weighted by Crippen LogP contribution is -2.41. The van der Waals surface area contributed by atoms with Gasteiger partial charge < -0.3 is 15.4 Å². The number of hydrogen-bond acceptors (Lipinski definition) is 4. The topological polar surface area (TPSA) is 52.1 Å². The third kappa shape index (κ3) is 10.9. The summed E-state index contributed by atoms with van der Waals surface area (Å²) in [5.74, 6) is 1.47. The van der Waals surface area contributed by atoms with Gasteiger partial charge in [-0.1, -0.05) is 37.3 Å². The van der Waals surface area contributed by atoms with E-state index in [0.717, 1.165) is 71.4 Å². The van der Waals surface area contributed by atoms with Crippen molar-refractivity contribution in [3.8, 4) is 0 Å². The Bertz CT molecular complexity index is 580. The van der Waals surface area contributed by atoms with Crippen LogP contribution in [-0.4, -0.2) is 81.3 Å². The molecule has 0 saturated carbocycles. The number of guanidine groups is 1. The fourth-order valence-electron chi connectivity index (χ4n) is 3.52. The summed E-state index contributed by atoms with van der Waals surface area (Å²) >= 11 is 0. The molecule has 7 heteroatoms. The lowest BCUT2D eigenvalue weighted by atomic mass is 10.1. The van der Waals surface area contributed by atoms with E-state index in [1.54, 1.807) is 0 Å². The van der Waals surface area contributed by atoms with Gasteiger partial charge in [-0.25, -0.2) is 0 Å². The van der Waals surface area contributed by atoms with Crippen LogP contribution in [0.3, 0.4) is 0 Å². The van der Waals surface area contributed by atoms with Crippen molar-refractivity contribution >= 4 is 29.9 Å². The number of halogens is 1. The fraction of sp³-hybridized carbons (Fsp3) is 0.696. The summed E-state index contributed by atoms with van der Waals surface area (Å²) in [6, 6.07) is 11.2. The zero-order valence-electron chi connectivity index (χ0n) is 19.3. The Morgan fingerprint density at radius 3 is 2.53 bits per heavy atom. The molecule has 1 aromatic carbocycles. The second-order valence-electron chi connectivity index (χ2n) is 8.20. The summed E-state index contributed by atoms with van der Waals surface area (Å²) < 4.78 is 5.43. The highest BCUT2D eigenvalue weighted by molar-refractivity contribution is 14.0. The van der Waals surface area contributed by atoms with Gasteiger partial charge in [0.1, 0.15) is 0 Å². The summed E-state index contributed by atoms with van der Waals surface area (Å²) in [7, 11) is 2.20. The van der Waals surface area contributed by atoms with Gasteiger partial charge in [0.15, 0.2) is 5.96 Å². The van der Waals surface area contributed by atoms with E-state index in [4.69, 9.17) is 9.73 Å². The molecule has 30 heavy (non-hydrogen) atoms. The zero-order chi connectivity index (χ0) is 20.9. The van der Waals surface area contributed by atoms with Crippen molar-refractivity contribution in [2.75, 3.05) is 59.5 Å². The normalized spacial score (nSPS) is 17.3. The Balaban J connectivity index is 0.00000450. The van der Waals surface area contributed by atoms with Crippen molar-refractivity contribution < 1.29 is 4.74 Å². The molecule has 1 aromatic rings. The lowest BCUT2D eigenvalue weighted by Gasteiger charge is -2.28. The Labute approximate surface area is 200 Å². The second-order valence-corrected chi connectivity index (χ2v) is 8.20. The highest BCUT2D eigenvalue weighted by atomic mass is 127. The van der Waals surface area contributed by atoms with Gasteiger partial charge in [-0.15, -0.1) is 24.0 Å². The molecule has 2 N–H and O–H groups in total. The van der Waals surface area contributed by atoms with Crippen molar-refractivity contribution in [2.45, 2.75) is 39.8 Å². The molecule has 1 aliphatic heterocycles. The Morgan fingerprint density at radius 1 is 1.17 bits per heavy atom. The maximum atomic E-state index is 5.43. The molecule has 2 rings (SSSR count). The number of rotatable bonds is 11. The summed E-state index contributed by atoms with van der Waals surface area (Å²) in [5, 5.41) is 6.88. The first kappa shape index (κ1) is 27.1. The van der Waals surface area contributed by atoms with Gasteiger partial charge in [0.05, 0.1) is 13.2 Å². The first-order chi connectivity index (χ1) is 14.1. The number of nitrogens with one attached hydrogen (secondary N) is 2. The predicted molar refractivity (Wildman–Crippen MR) is 138 cm³/mol. The molecule has 172 valence electrons. The first-order valence-corrected chi connectivity index (χ1v) is 11.1. The predicted octanol–water partition coefficient (Wildman–Crippen LogP) is 3.04. The van der Waals surface area contributed by atoms with Crippen LogP contribution in [0, 0.1) is 5.92 Å². The number of morpholine rings is 1. The van der Waals surface area contributed by atoms with Crippen LogP contribution in [0.1, 0.15) is 32.8 Å². The minimum Gasteiger partial charge on any atom is -0.379 e. The molecule has 0 aliphatic carbocycles. The third-order valence-corrected chi connectivity index (χ3v) is 5.46. The first-order valence-electron chi connectivity index (χ1n) is 11.1. The molecule has 1 aliphatic rings. The number of hydrogen-bond donors (Lipinski definition) is 2. The molecule has 0 spiro atoms. The zero-order valence-corrected chi connectivity index (χ0v) is 21.6. The van der Waals surface area contributed by atoms with Crippen LogP contribution in [-0.2, 0) is 11.3 Å². The fourth-order valence-corrected chi connectivity index (χ4v) is 3.52. The molecule has 1 saturated heterocycles.